The van der Waals surface area contributed by atoms with Crippen LogP contribution in [0.15, 0.2) is 35.1 Å². The molecule has 0 radical (unpaired) electrons. The highest BCUT2D eigenvalue weighted by Gasteiger charge is 2.37. The molecule has 0 spiro atoms. The molecule has 2 N–H and O–H groups in total. The van der Waals surface area contributed by atoms with E-state index in [-0.39, 0.29) is 5.91 Å². The summed E-state index contributed by atoms with van der Waals surface area (Å²) in [6, 6.07) is 3.89. The van der Waals surface area contributed by atoms with Gasteiger partial charge in [0.15, 0.2) is 6.04 Å². The fourth-order valence-corrected chi connectivity index (χ4v) is 2.64. The van der Waals surface area contributed by atoms with Crippen LogP contribution in [-0.2, 0) is 11.2 Å². The number of carbonyl (C=O) groups excluding carboxylic acids is 1. The van der Waals surface area contributed by atoms with Crippen molar-refractivity contribution >= 4 is 17.7 Å². The number of hydrogen-bond donors (Lipinski definition) is 2. The van der Waals surface area contributed by atoms with Crippen LogP contribution in [0, 0.1) is 0 Å². The van der Waals surface area contributed by atoms with Crippen molar-refractivity contribution < 1.29 is 19.1 Å². The number of carboxylic acids is 1. The van der Waals surface area contributed by atoms with Crippen molar-refractivity contribution in [1.82, 2.24) is 9.88 Å². The second-order valence-corrected chi connectivity index (χ2v) is 4.97. The Morgan fingerprint density at radius 3 is 2.86 bits per heavy atom. The quantitative estimate of drug-likeness (QED) is 0.893. The molecule has 0 aromatic carbocycles. The van der Waals surface area contributed by atoms with E-state index in [2.05, 4.69) is 10.3 Å². The Balaban J connectivity index is 1.92. The van der Waals surface area contributed by atoms with Crippen LogP contribution in [-0.4, -0.2) is 40.5 Å². The van der Waals surface area contributed by atoms with Crippen LogP contribution < -0.4 is 5.32 Å². The average molecular weight is 301 g/mol. The summed E-state index contributed by atoms with van der Waals surface area (Å²) in [6.07, 6.45) is 3.40. The molecule has 0 saturated heterocycles. The average Bonchev–Trinajstić information content (AvgIpc) is 3.01. The van der Waals surface area contributed by atoms with E-state index in [9.17, 15) is 14.7 Å². The first-order valence-corrected chi connectivity index (χ1v) is 6.85. The summed E-state index contributed by atoms with van der Waals surface area (Å²) in [5, 5.41) is 12.4. The number of aliphatic carboxylic acids is 1. The number of aromatic nitrogens is 1. The van der Waals surface area contributed by atoms with Crippen molar-refractivity contribution in [2.24, 2.45) is 0 Å². The van der Waals surface area contributed by atoms with Gasteiger partial charge in [-0.1, -0.05) is 0 Å². The fourth-order valence-electron chi connectivity index (χ4n) is 2.64. The molecule has 1 aliphatic heterocycles. The fraction of sp³-hybridized carbons (Fsp3) is 0.267. The lowest BCUT2D eigenvalue weighted by Gasteiger charge is -2.32. The van der Waals surface area contributed by atoms with Gasteiger partial charge in [-0.15, -0.1) is 0 Å². The minimum atomic E-state index is -1.07. The molecule has 2 aromatic heterocycles. The predicted octanol–water partition coefficient (Wildman–Crippen LogP) is 1.54. The molecule has 1 unspecified atom stereocenters. The van der Waals surface area contributed by atoms with E-state index in [4.69, 9.17) is 4.42 Å². The summed E-state index contributed by atoms with van der Waals surface area (Å²) >= 11 is 0. The molecular formula is C15H15N3O4. The van der Waals surface area contributed by atoms with Crippen molar-refractivity contribution in [1.29, 1.82) is 0 Å². The number of nitrogens with zero attached hydrogens (tertiary/aromatic N) is 2. The Bertz CT molecular complexity index is 708. The van der Waals surface area contributed by atoms with E-state index in [1.54, 1.807) is 25.2 Å². The van der Waals surface area contributed by atoms with Gasteiger partial charge in [-0.25, -0.2) is 9.78 Å². The van der Waals surface area contributed by atoms with Gasteiger partial charge in [0.25, 0.3) is 5.91 Å². The normalized spacial score (nSPS) is 17.0. The number of amides is 1. The lowest BCUT2D eigenvalue weighted by molar-refractivity contribution is -0.143. The van der Waals surface area contributed by atoms with Crippen LogP contribution in [0.1, 0.15) is 27.7 Å². The monoisotopic (exact) mass is 301 g/mol. The van der Waals surface area contributed by atoms with E-state index >= 15 is 0 Å². The van der Waals surface area contributed by atoms with Crippen LogP contribution in [0.25, 0.3) is 0 Å². The summed E-state index contributed by atoms with van der Waals surface area (Å²) in [4.78, 5) is 29.7. The molecule has 0 saturated carbocycles. The molecule has 1 aliphatic rings. The molecular weight excluding hydrogens is 286 g/mol. The smallest absolute Gasteiger partial charge is 0.331 e. The lowest BCUT2D eigenvalue weighted by atomic mass is 9.98. The number of carbonyl (C=O) groups is 2. The Kier molecular flexibility index (Phi) is 3.54. The maximum absolute atomic E-state index is 12.6. The van der Waals surface area contributed by atoms with Crippen molar-refractivity contribution in [3.63, 3.8) is 0 Å². The van der Waals surface area contributed by atoms with Gasteiger partial charge < -0.3 is 19.7 Å². The lowest BCUT2D eigenvalue weighted by Crippen LogP contribution is -2.43. The number of hydrogen-bond acceptors (Lipinski definition) is 5. The van der Waals surface area contributed by atoms with Crippen molar-refractivity contribution in [3.8, 4) is 0 Å². The molecule has 22 heavy (non-hydrogen) atoms. The number of anilines is 1. The molecule has 114 valence electrons. The highest BCUT2D eigenvalue weighted by atomic mass is 16.4. The van der Waals surface area contributed by atoms with Crippen molar-refractivity contribution in [3.05, 3.63) is 47.5 Å². The third-order valence-corrected chi connectivity index (χ3v) is 3.73. The van der Waals surface area contributed by atoms with Crippen LogP contribution in [0.2, 0.25) is 0 Å². The Morgan fingerprint density at radius 1 is 1.41 bits per heavy atom. The maximum atomic E-state index is 12.6. The molecule has 3 rings (SSSR count). The topological polar surface area (TPSA) is 95.7 Å². The molecule has 1 atom stereocenters. The third-order valence-electron chi connectivity index (χ3n) is 3.73. The number of fused-ring (bicyclic) bond motifs is 1. The highest BCUT2D eigenvalue weighted by Crippen LogP contribution is 2.31. The Labute approximate surface area is 126 Å². The first-order chi connectivity index (χ1) is 10.6. The van der Waals surface area contributed by atoms with Crippen LogP contribution in [0.4, 0.5) is 5.82 Å². The molecule has 7 nitrogen and oxygen atoms in total. The van der Waals surface area contributed by atoms with E-state index in [0.717, 1.165) is 0 Å². The van der Waals surface area contributed by atoms with Crippen molar-refractivity contribution in [2.75, 3.05) is 18.9 Å². The van der Waals surface area contributed by atoms with Gasteiger partial charge >= 0.3 is 5.97 Å². The minimum absolute atomic E-state index is 0.296. The first kappa shape index (κ1) is 14.1. The number of nitrogens with one attached hydrogen (secondary N) is 1. The number of carboxylic acid groups (broad SMARTS) is 1. The number of rotatable bonds is 3. The molecule has 0 aliphatic carbocycles. The summed E-state index contributed by atoms with van der Waals surface area (Å²) in [5.41, 5.74) is 0.893. The predicted molar refractivity (Wildman–Crippen MR) is 77.6 cm³/mol. The second-order valence-electron chi connectivity index (χ2n) is 4.97. The summed E-state index contributed by atoms with van der Waals surface area (Å²) in [5.74, 6) is -0.160. The number of furan rings is 1. The standard InChI is InChI=1S/C15H15N3O4/c1-16-12-3-2-9(8-17-12)14(19)18-6-4-11-10(5-7-22-11)13(18)15(20)21/h2-3,5,7-8,13H,4,6H2,1H3,(H,16,17)(H,20,21). The molecule has 1 amide bonds. The SMILES string of the molecule is CNc1ccc(C(=O)N2CCc3occc3C2C(=O)O)cn1. The molecule has 2 aromatic rings. The molecule has 0 bridgehead atoms. The number of pyridine rings is 1. The largest absolute Gasteiger partial charge is 0.479 e. The summed E-state index contributed by atoms with van der Waals surface area (Å²) in [6.45, 7) is 0.296. The van der Waals surface area contributed by atoms with E-state index in [1.807, 2.05) is 0 Å². The van der Waals surface area contributed by atoms with E-state index in [1.165, 1.54) is 17.4 Å². The van der Waals surface area contributed by atoms with Crippen molar-refractivity contribution in [2.45, 2.75) is 12.5 Å². The van der Waals surface area contributed by atoms with Crippen LogP contribution >= 0.6 is 0 Å². The van der Waals surface area contributed by atoms with Gasteiger partial charge in [-0.3, -0.25) is 4.79 Å². The first-order valence-electron chi connectivity index (χ1n) is 6.85. The van der Waals surface area contributed by atoms with Gasteiger partial charge in [0.1, 0.15) is 11.6 Å². The Morgan fingerprint density at radius 2 is 2.23 bits per heavy atom. The summed E-state index contributed by atoms with van der Waals surface area (Å²) in [7, 11) is 1.73. The van der Waals surface area contributed by atoms with Gasteiger partial charge in [0.2, 0.25) is 0 Å². The maximum Gasteiger partial charge on any atom is 0.331 e. The highest BCUT2D eigenvalue weighted by molar-refractivity contribution is 5.97. The van der Waals surface area contributed by atoms with Gasteiger partial charge in [0.05, 0.1) is 11.8 Å². The molecule has 7 heteroatoms. The zero-order chi connectivity index (χ0) is 15.7. The minimum Gasteiger partial charge on any atom is -0.479 e. The molecule has 0 fully saturated rings. The van der Waals surface area contributed by atoms with Crippen LogP contribution in [0.5, 0.6) is 0 Å². The van der Waals surface area contributed by atoms with Gasteiger partial charge in [0, 0.05) is 31.8 Å². The Hall–Kier alpha value is -2.83. The van der Waals surface area contributed by atoms with Gasteiger partial charge in [-0.2, -0.15) is 0 Å². The van der Waals surface area contributed by atoms with Crippen LogP contribution in [0.3, 0.4) is 0 Å². The second kappa shape index (κ2) is 5.51. The summed E-state index contributed by atoms with van der Waals surface area (Å²) < 4.78 is 5.28. The zero-order valence-corrected chi connectivity index (χ0v) is 11.9. The van der Waals surface area contributed by atoms with E-state index in [0.29, 0.717) is 35.7 Å². The molecule has 3 heterocycles. The zero-order valence-electron chi connectivity index (χ0n) is 11.9. The third kappa shape index (κ3) is 2.30. The van der Waals surface area contributed by atoms with E-state index < -0.39 is 12.0 Å². The van der Waals surface area contributed by atoms with Gasteiger partial charge in [-0.05, 0) is 18.2 Å².